The van der Waals surface area contributed by atoms with Crippen LogP contribution >= 0.6 is 0 Å². The summed E-state index contributed by atoms with van der Waals surface area (Å²) in [5.41, 5.74) is 1.18. The number of carbonyl (C=O) groups excluding carboxylic acids is 1. The van der Waals surface area contributed by atoms with Crippen molar-refractivity contribution >= 4 is 17.6 Å². The molecule has 5 nitrogen and oxygen atoms in total. The summed E-state index contributed by atoms with van der Waals surface area (Å²) in [5.74, 6) is -1.26. The molecule has 17 heavy (non-hydrogen) atoms. The van der Waals surface area contributed by atoms with Crippen LogP contribution in [0.25, 0.3) is 0 Å². The molecule has 0 saturated carbocycles. The number of amides is 1. The largest absolute Gasteiger partial charge is 0.478 e. The summed E-state index contributed by atoms with van der Waals surface area (Å²) >= 11 is 0. The van der Waals surface area contributed by atoms with Gasteiger partial charge in [0.25, 0.3) is 5.91 Å². The summed E-state index contributed by atoms with van der Waals surface area (Å²) in [6, 6.07) is 9.34. The monoisotopic (exact) mass is 230 g/mol. The Bertz CT molecular complexity index is 529. The number of hydrogen-bond donors (Lipinski definition) is 3. The molecule has 0 atom stereocenters. The second kappa shape index (κ2) is 4.52. The number of nitrogens with one attached hydrogen (secondary N) is 2. The molecule has 2 rings (SSSR count). The Morgan fingerprint density at radius 1 is 1.12 bits per heavy atom. The minimum Gasteiger partial charge on any atom is -0.478 e. The van der Waals surface area contributed by atoms with Crippen LogP contribution in [0.3, 0.4) is 0 Å². The highest BCUT2D eigenvalue weighted by atomic mass is 16.4. The number of aromatic amines is 1. The SMILES string of the molecule is O=C(O)c1ccc(NC(=O)c2ccc[nH]2)cc1. The molecular weight excluding hydrogens is 220 g/mol. The topological polar surface area (TPSA) is 82.2 Å². The Hall–Kier alpha value is -2.56. The van der Waals surface area contributed by atoms with Gasteiger partial charge in [0.1, 0.15) is 5.69 Å². The number of carboxylic acid groups (broad SMARTS) is 1. The highest BCUT2D eigenvalue weighted by Gasteiger charge is 2.07. The summed E-state index contributed by atoms with van der Waals surface area (Å²) in [4.78, 5) is 25.0. The molecule has 0 aliphatic rings. The summed E-state index contributed by atoms with van der Waals surface area (Å²) in [6.45, 7) is 0. The first-order chi connectivity index (χ1) is 8.16. The lowest BCUT2D eigenvalue weighted by molar-refractivity contribution is 0.0696. The number of rotatable bonds is 3. The number of anilines is 1. The van der Waals surface area contributed by atoms with E-state index in [0.717, 1.165) is 0 Å². The van der Waals surface area contributed by atoms with E-state index in [0.29, 0.717) is 11.4 Å². The zero-order valence-electron chi connectivity index (χ0n) is 8.81. The molecule has 0 aliphatic carbocycles. The highest BCUT2D eigenvalue weighted by molar-refractivity contribution is 6.03. The van der Waals surface area contributed by atoms with E-state index in [9.17, 15) is 9.59 Å². The Kier molecular flexibility index (Phi) is 2.91. The lowest BCUT2D eigenvalue weighted by atomic mass is 10.2. The van der Waals surface area contributed by atoms with Gasteiger partial charge in [-0.2, -0.15) is 0 Å². The first kappa shape index (κ1) is 10.9. The molecule has 1 aromatic carbocycles. The fourth-order valence-electron chi connectivity index (χ4n) is 1.37. The molecule has 0 fully saturated rings. The molecule has 1 heterocycles. The lowest BCUT2D eigenvalue weighted by Crippen LogP contribution is -2.12. The summed E-state index contributed by atoms with van der Waals surface area (Å²) < 4.78 is 0. The summed E-state index contributed by atoms with van der Waals surface area (Å²) in [7, 11) is 0. The fourth-order valence-corrected chi connectivity index (χ4v) is 1.37. The number of hydrogen-bond acceptors (Lipinski definition) is 2. The van der Waals surface area contributed by atoms with Gasteiger partial charge in [-0.15, -0.1) is 0 Å². The van der Waals surface area contributed by atoms with Crippen molar-refractivity contribution in [3.63, 3.8) is 0 Å². The molecule has 0 unspecified atom stereocenters. The Morgan fingerprint density at radius 3 is 2.35 bits per heavy atom. The molecule has 1 amide bonds. The molecule has 1 aromatic heterocycles. The van der Waals surface area contributed by atoms with Crippen LogP contribution in [0.15, 0.2) is 42.6 Å². The second-order valence-electron chi connectivity index (χ2n) is 3.42. The van der Waals surface area contributed by atoms with E-state index in [1.165, 1.54) is 12.1 Å². The van der Waals surface area contributed by atoms with Gasteiger partial charge in [-0.25, -0.2) is 4.79 Å². The van der Waals surface area contributed by atoms with Gasteiger partial charge in [0.05, 0.1) is 5.56 Å². The lowest BCUT2D eigenvalue weighted by Gasteiger charge is -2.03. The number of H-pyrrole nitrogens is 1. The smallest absolute Gasteiger partial charge is 0.335 e. The minimum absolute atomic E-state index is 0.183. The van der Waals surface area contributed by atoms with Gasteiger partial charge in [-0.3, -0.25) is 4.79 Å². The number of benzene rings is 1. The third-order valence-corrected chi connectivity index (χ3v) is 2.23. The maximum absolute atomic E-state index is 11.6. The molecule has 0 aliphatic heterocycles. The van der Waals surface area contributed by atoms with E-state index in [1.807, 2.05) is 0 Å². The van der Waals surface area contributed by atoms with Crippen LogP contribution in [0.2, 0.25) is 0 Å². The third kappa shape index (κ3) is 2.52. The summed E-state index contributed by atoms with van der Waals surface area (Å²) in [5, 5.41) is 11.4. The van der Waals surface area contributed by atoms with Crippen molar-refractivity contribution in [2.75, 3.05) is 5.32 Å². The van der Waals surface area contributed by atoms with Crippen molar-refractivity contribution in [3.05, 3.63) is 53.9 Å². The quantitative estimate of drug-likeness (QED) is 0.753. The Labute approximate surface area is 97.1 Å². The molecule has 5 heteroatoms. The van der Waals surface area contributed by atoms with Crippen molar-refractivity contribution in [2.24, 2.45) is 0 Å². The third-order valence-electron chi connectivity index (χ3n) is 2.23. The fraction of sp³-hybridized carbons (Fsp3) is 0. The van der Waals surface area contributed by atoms with Crippen LogP contribution in [0.4, 0.5) is 5.69 Å². The van der Waals surface area contributed by atoms with Crippen molar-refractivity contribution in [1.82, 2.24) is 4.98 Å². The van der Waals surface area contributed by atoms with E-state index in [-0.39, 0.29) is 11.5 Å². The van der Waals surface area contributed by atoms with Gasteiger partial charge < -0.3 is 15.4 Å². The summed E-state index contributed by atoms with van der Waals surface area (Å²) in [6.07, 6.45) is 1.66. The first-order valence-corrected chi connectivity index (χ1v) is 4.95. The predicted molar refractivity (Wildman–Crippen MR) is 62.1 cm³/mol. The van der Waals surface area contributed by atoms with Gasteiger partial charge in [0.15, 0.2) is 0 Å². The van der Waals surface area contributed by atoms with Gasteiger partial charge in [-0.05, 0) is 36.4 Å². The molecule has 2 aromatic rings. The first-order valence-electron chi connectivity index (χ1n) is 4.95. The standard InChI is InChI=1S/C12H10N2O3/c15-11(10-2-1-7-13-10)14-9-5-3-8(4-6-9)12(16)17/h1-7,13H,(H,14,15)(H,16,17). The second-order valence-corrected chi connectivity index (χ2v) is 3.42. The molecule has 86 valence electrons. The molecule has 0 spiro atoms. The van der Waals surface area contributed by atoms with Gasteiger partial charge in [0.2, 0.25) is 0 Å². The Morgan fingerprint density at radius 2 is 1.82 bits per heavy atom. The zero-order valence-corrected chi connectivity index (χ0v) is 8.81. The Balaban J connectivity index is 2.09. The molecule has 0 bridgehead atoms. The van der Waals surface area contributed by atoms with E-state index in [2.05, 4.69) is 10.3 Å². The number of aromatic carboxylic acids is 1. The van der Waals surface area contributed by atoms with E-state index in [4.69, 9.17) is 5.11 Å². The highest BCUT2D eigenvalue weighted by Crippen LogP contribution is 2.10. The number of aromatic nitrogens is 1. The van der Waals surface area contributed by atoms with Crippen molar-refractivity contribution < 1.29 is 14.7 Å². The van der Waals surface area contributed by atoms with E-state index < -0.39 is 5.97 Å². The zero-order chi connectivity index (χ0) is 12.3. The predicted octanol–water partition coefficient (Wildman–Crippen LogP) is 1.97. The van der Waals surface area contributed by atoms with E-state index >= 15 is 0 Å². The normalized spacial score (nSPS) is 9.88. The molecule has 0 radical (unpaired) electrons. The van der Waals surface area contributed by atoms with Crippen LogP contribution in [-0.4, -0.2) is 22.0 Å². The van der Waals surface area contributed by atoms with Gasteiger partial charge in [0, 0.05) is 11.9 Å². The maximum atomic E-state index is 11.6. The van der Waals surface area contributed by atoms with Crippen LogP contribution in [0.5, 0.6) is 0 Å². The molecule has 0 saturated heterocycles. The minimum atomic E-state index is -0.993. The molecular formula is C12H10N2O3. The van der Waals surface area contributed by atoms with Crippen molar-refractivity contribution in [2.45, 2.75) is 0 Å². The van der Waals surface area contributed by atoms with Crippen molar-refractivity contribution in [3.8, 4) is 0 Å². The van der Waals surface area contributed by atoms with Gasteiger partial charge >= 0.3 is 5.97 Å². The molecule has 3 N–H and O–H groups in total. The maximum Gasteiger partial charge on any atom is 0.335 e. The number of carboxylic acids is 1. The average Bonchev–Trinajstić information content (AvgIpc) is 2.83. The van der Waals surface area contributed by atoms with Crippen LogP contribution in [-0.2, 0) is 0 Å². The van der Waals surface area contributed by atoms with Gasteiger partial charge in [-0.1, -0.05) is 0 Å². The van der Waals surface area contributed by atoms with Crippen LogP contribution < -0.4 is 5.32 Å². The number of carbonyl (C=O) groups is 2. The van der Waals surface area contributed by atoms with E-state index in [1.54, 1.807) is 30.5 Å². The van der Waals surface area contributed by atoms with Crippen LogP contribution in [0.1, 0.15) is 20.8 Å². The van der Waals surface area contributed by atoms with Crippen LogP contribution in [0, 0.1) is 0 Å². The average molecular weight is 230 g/mol. The van der Waals surface area contributed by atoms with Crippen molar-refractivity contribution in [1.29, 1.82) is 0 Å².